The third kappa shape index (κ3) is 20.4. The van der Waals surface area contributed by atoms with E-state index in [-0.39, 0.29) is 18.8 Å². The molecule has 9 N–H and O–H groups in total. The zero-order valence-corrected chi connectivity index (χ0v) is 29.6. The molecule has 0 aromatic rings. The van der Waals surface area contributed by atoms with Gasteiger partial charge in [-0.2, -0.15) is 0 Å². The van der Waals surface area contributed by atoms with E-state index in [0.29, 0.717) is 44.9 Å². The zero-order valence-electron chi connectivity index (χ0n) is 29.6. The van der Waals surface area contributed by atoms with Crippen molar-refractivity contribution in [1.29, 1.82) is 0 Å². The van der Waals surface area contributed by atoms with Gasteiger partial charge in [0.15, 0.2) is 0 Å². The lowest BCUT2D eigenvalue weighted by atomic mass is 9.87. The number of carboxylic acids is 4. The first-order valence-corrected chi connectivity index (χ1v) is 17.4. The highest BCUT2D eigenvalue weighted by Crippen LogP contribution is 2.29. The molecular weight excluding hydrogens is 662 g/mol. The van der Waals surface area contributed by atoms with Crippen LogP contribution in [0.3, 0.4) is 0 Å². The lowest BCUT2D eigenvalue weighted by Crippen LogP contribution is -2.42. The summed E-state index contributed by atoms with van der Waals surface area (Å²) in [5.41, 5.74) is 5.61. The van der Waals surface area contributed by atoms with Crippen molar-refractivity contribution >= 4 is 35.8 Å². The SMILES string of the molecule is CCCC[C@@H](C)[C@@H](OC(=O)CC(CC(=O)O)C(=O)O)[C@H](C[C@@H](C)C[C@H](O)CCCCC[C@@H](O)[C@H](O)[C@H](C)N)OC(=O)CC(CC(=O)O)C(=O)O. The number of carbonyl (C=O) groups excluding carboxylic acids is 2. The second-order valence-electron chi connectivity index (χ2n) is 13.6. The molecule has 0 bridgehead atoms. The molecule has 0 aromatic carbocycles. The van der Waals surface area contributed by atoms with Crippen LogP contribution in [0.25, 0.3) is 0 Å². The van der Waals surface area contributed by atoms with E-state index in [1.165, 1.54) is 0 Å². The van der Waals surface area contributed by atoms with Gasteiger partial charge in [0.05, 0.1) is 55.8 Å². The number of aliphatic carboxylic acids is 4. The van der Waals surface area contributed by atoms with Crippen LogP contribution in [0.5, 0.6) is 0 Å². The van der Waals surface area contributed by atoms with Crippen LogP contribution < -0.4 is 5.73 Å². The predicted molar refractivity (Wildman–Crippen MR) is 178 cm³/mol. The van der Waals surface area contributed by atoms with Gasteiger partial charge in [-0.25, -0.2) is 0 Å². The van der Waals surface area contributed by atoms with Gasteiger partial charge in [0.1, 0.15) is 12.2 Å². The molecule has 0 spiro atoms. The fraction of sp³-hybridized carbons (Fsp3) is 0.824. The number of hydrogen-bond donors (Lipinski definition) is 8. The highest BCUT2D eigenvalue weighted by molar-refractivity contribution is 5.83. The molecule has 0 aromatic heterocycles. The van der Waals surface area contributed by atoms with Gasteiger partial charge in [-0.05, 0) is 50.9 Å². The van der Waals surface area contributed by atoms with Crippen LogP contribution in [-0.4, -0.2) is 108 Å². The van der Waals surface area contributed by atoms with Gasteiger partial charge in [0, 0.05) is 6.04 Å². The van der Waals surface area contributed by atoms with Crippen LogP contribution in [0.4, 0.5) is 0 Å². The molecule has 16 heteroatoms. The summed E-state index contributed by atoms with van der Waals surface area (Å²) in [5, 5.41) is 67.7. The van der Waals surface area contributed by atoms with Crippen molar-refractivity contribution in [3.05, 3.63) is 0 Å². The summed E-state index contributed by atoms with van der Waals surface area (Å²) < 4.78 is 11.4. The maximum absolute atomic E-state index is 13.0. The van der Waals surface area contributed by atoms with Crippen molar-refractivity contribution in [3.8, 4) is 0 Å². The second kappa shape index (κ2) is 24.7. The largest absolute Gasteiger partial charge is 0.481 e. The Morgan fingerprint density at radius 2 is 1.14 bits per heavy atom. The van der Waals surface area contributed by atoms with Crippen LogP contribution in [-0.2, 0) is 38.2 Å². The zero-order chi connectivity index (χ0) is 38.6. The minimum atomic E-state index is -1.59. The molecule has 0 aliphatic carbocycles. The number of hydrogen-bond acceptors (Lipinski definition) is 12. The van der Waals surface area contributed by atoms with Gasteiger partial charge >= 0.3 is 35.8 Å². The van der Waals surface area contributed by atoms with Crippen molar-refractivity contribution in [3.63, 3.8) is 0 Å². The number of aliphatic hydroxyl groups excluding tert-OH is 3. The van der Waals surface area contributed by atoms with Crippen LogP contribution in [0, 0.1) is 23.7 Å². The van der Waals surface area contributed by atoms with Crippen molar-refractivity contribution in [2.75, 3.05) is 0 Å². The first kappa shape index (κ1) is 46.7. The predicted octanol–water partition coefficient (Wildman–Crippen LogP) is 2.56. The minimum Gasteiger partial charge on any atom is -0.481 e. The lowest BCUT2D eigenvalue weighted by molar-refractivity contribution is -0.177. The second-order valence-corrected chi connectivity index (χ2v) is 13.6. The Morgan fingerprint density at radius 1 is 0.640 bits per heavy atom. The van der Waals surface area contributed by atoms with Gasteiger partial charge in [-0.15, -0.1) is 0 Å². The Labute approximate surface area is 293 Å². The maximum atomic E-state index is 13.0. The first-order valence-electron chi connectivity index (χ1n) is 17.4. The summed E-state index contributed by atoms with van der Waals surface area (Å²) in [7, 11) is 0. The van der Waals surface area contributed by atoms with E-state index in [4.69, 9.17) is 25.4 Å². The fourth-order valence-corrected chi connectivity index (χ4v) is 5.74. The Kier molecular flexibility index (Phi) is 23.1. The number of ether oxygens (including phenoxy) is 2. The molecule has 0 aliphatic heterocycles. The molecule has 2 unspecified atom stereocenters. The first-order chi connectivity index (χ1) is 23.3. The number of carboxylic acid groups (broad SMARTS) is 4. The van der Waals surface area contributed by atoms with Crippen LogP contribution in [0.15, 0.2) is 0 Å². The number of nitrogens with two attached hydrogens (primary N) is 1. The van der Waals surface area contributed by atoms with E-state index in [1.54, 1.807) is 20.8 Å². The van der Waals surface area contributed by atoms with Crippen LogP contribution in [0.1, 0.15) is 118 Å². The number of unbranched alkanes of at least 4 members (excludes halogenated alkanes) is 3. The van der Waals surface area contributed by atoms with Gasteiger partial charge in [-0.1, -0.05) is 52.9 Å². The number of esters is 2. The molecule has 0 rings (SSSR count). The quantitative estimate of drug-likeness (QED) is 0.0407. The molecule has 16 nitrogen and oxygen atoms in total. The average Bonchev–Trinajstić information content (AvgIpc) is 3.00. The topological polar surface area (TPSA) is 289 Å². The highest BCUT2D eigenvalue weighted by Gasteiger charge is 2.37. The molecule has 50 heavy (non-hydrogen) atoms. The lowest BCUT2D eigenvalue weighted by Gasteiger charge is -2.33. The van der Waals surface area contributed by atoms with E-state index in [0.717, 1.165) is 6.42 Å². The fourth-order valence-electron chi connectivity index (χ4n) is 5.74. The Balaban J connectivity index is 5.96. The number of aliphatic hydroxyl groups is 3. The standard InChI is InChI=1S/C34H59NO15/c1-5-6-10-20(3)32(50-30(43)18-23(34(47)48)16-28(40)41)26(49-29(42)17-22(33(45)46)15-27(38)39)14-19(2)13-24(36)11-8-7-9-12-25(37)31(44)21(4)35/h19-26,31-32,36-37,44H,5-18,35H2,1-4H3,(H,38,39)(H,40,41)(H,45,46)(H,47,48)/t19-,20+,21-,22?,23?,24+,25+,26-,31+,32+/m0/s1. The smallest absolute Gasteiger partial charge is 0.307 e. The molecular formula is C34H59NO15. The summed E-state index contributed by atoms with van der Waals surface area (Å²) >= 11 is 0. The van der Waals surface area contributed by atoms with Crippen molar-refractivity contribution in [2.45, 2.75) is 154 Å². The van der Waals surface area contributed by atoms with E-state index in [2.05, 4.69) is 0 Å². The molecule has 0 saturated heterocycles. The van der Waals surface area contributed by atoms with Crippen LogP contribution >= 0.6 is 0 Å². The third-order valence-corrected chi connectivity index (χ3v) is 8.64. The maximum Gasteiger partial charge on any atom is 0.307 e. The summed E-state index contributed by atoms with van der Waals surface area (Å²) in [4.78, 5) is 71.6. The third-order valence-electron chi connectivity index (χ3n) is 8.64. The molecule has 10 atom stereocenters. The summed E-state index contributed by atoms with van der Waals surface area (Å²) in [6.07, 6.45) is -3.50. The van der Waals surface area contributed by atoms with Gasteiger partial charge in [0.25, 0.3) is 0 Å². The molecule has 0 saturated carbocycles. The Morgan fingerprint density at radius 3 is 1.60 bits per heavy atom. The van der Waals surface area contributed by atoms with Gasteiger partial charge < -0.3 is 51.0 Å². The van der Waals surface area contributed by atoms with Gasteiger partial charge in [-0.3, -0.25) is 28.8 Å². The highest BCUT2D eigenvalue weighted by atomic mass is 16.6. The Bertz CT molecular complexity index is 1070. The van der Waals surface area contributed by atoms with E-state index >= 15 is 0 Å². The molecule has 0 aliphatic rings. The van der Waals surface area contributed by atoms with Crippen molar-refractivity contribution in [1.82, 2.24) is 0 Å². The normalized spacial score (nSPS) is 17.5. The monoisotopic (exact) mass is 721 g/mol. The average molecular weight is 722 g/mol. The van der Waals surface area contributed by atoms with Crippen molar-refractivity contribution < 1.29 is 74.0 Å². The summed E-state index contributed by atoms with van der Waals surface area (Å²) in [5.74, 6) is -11.9. The number of rotatable bonds is 29. The molecule has 0 amide bonds. The number of carbonyl (C=O) groups is 6. The van der Waals surface area contributed by atoms with Crippen LogP contribution in [0.2, 0.25) is 0 Å². The minimum absolute atomic E-state index is 0.0344. The molecule has 290 valence electrons. The summed E-state index contributed by atoms with van der Waals surface area (Å²) in [6.45, 7) is 7.02. The molecule has 0 fully saturated rings. The van der Waals surface area contributed by atoms with E-state index in [9.17, 15) is 54.3 Å². The van der Waals surface area contributed by atoms with E-state index in [1.807, 2.05) is 6.92 Å². The van der Waals surface area contributed by atoms with Crippen molar-refractivity contribution in [2.24, 2.45) is 29.4 Å². The van der Waals surface area contributed by atoms with E-state index < -0.39 is 116 Å². The Hall–Kier alpha value is -3.34. The summed E-state index contributed by atoms with van der Waals surface area (Å²) in [6, 6.07) is -0.573. The molecule has 0 radical (unpaired) electrons. The molecule has 0 heterocycles. The van der Waals surface area contributed by atoms with Gasteiger partial charge in [0.2, 0.25) is 0 Å².